The predicted octanol–water partition coefficient (Wildman–Crippen LogP) is 0.952. The van der Waals surface area contributed by atoms with Gasteiger partial charge in [-0.05, 0) is 18.4 Å². The van der Waals surface area contributed by atoms with Gasteiger partial charge < -0.3 is 15.5 Å². The van der Waals surface area contributed by atoms with Crippen molar-refractivity contribution in [3.8, 4) is 0 Å². The molecular formula is C12H16ClN3O2S. The van der Waals surface area contributed by atoms with Gasteiger partial charge in [0.25, 0.3) is 5.91 Å². The van der Waals surface area contributed by atoms with E-state index in [-0.39, 0.29) is 11.8 Å². The summed E-state index contributed by atoms with van der Waals surface area (Å²) in [7, 11) is 0. The Bertz CT molecular complexity index is 477. The van der Waals surface area contributed by atoms with Crippen molar-refractivity contribution in [2.45, 2.75) is 13.0 Å². The average Bonchev–Trinajstić information content (AvgIpc) is 2.84. The van der Waals surface area contributed by atoms with Crippen LogP contribution in [0.3, 0.4) is 0 Å². The minimum atomic E-state index is -0.473. The molecule has 2 rings (SSSR count). The van der Waals surface area contributed by atoms with Crippen LogP contribution in [-0.4, -0.2) is 48.9 Å². The molecule has 104 valence electrons. The number of thiophene rings is 1. The van der Waals surface area contributed by atoms with E-state index in [0.717, 1.165) is 0 Å². The van der Waals surface area contributed by atoms with Gasteiger partial charge in [0.15, 0.2) is 0 Å². The van der Waals surface area contributed by atoms with Crippen LogP contribution < -0.4 is 10.6 Å². The first-order chi connectivity index (χ1) is 9.15. The van der Waals surface area contributed by atoms with Gasteiger partial charge in [0.1, 0.15) is 10.9 Å². The minimum Gasteiger partial charge on any atom is -0.355 e. The van der Waals surface area contributed by atoms with Crippen LogP contribution in [0.1, 0.15) is 16.6 Å². The second-order valence-corrected chi connectivity index (χ2v) is 5.53. The zero-order valence-electron chi connectivity index (χ0n) is 10.6. The molecular weight excluding hydrogens is 286 g/mol. The number of carbonyl (C=O) groups is 2. The summed E-state index contributed by atoms with van der Waals surface area (Å²) in [4.78, 5) is 26.5. The van der Waals surface area contributed by atoms with Crippen LogP contribution in [0.2, 0.25) is 5.02 Å². The van der Waals surface area contributed by atoms with Crippen molar-refractivity contribution in [1.29, 1.82) is 0 Å². The number of amides is 2. The van der Waals surface area contributed by atoms with Gasteiger partial charge in [-0.15, -0.1) is 11.3 Å². The van der Waals surface area contributed by atoms with E-state index in [4.69, 9.17) is 11.6 Å². The maximum absolute atomic E-state index is 12.4. The third kappa shape index (κ3) is 3.08. The lowest BCUT2D eigenvalue weighted by Crippen LogP contribution is -2.59. The molecule has 19 heavy (non-hydrogen) atoms. The smallest absolute Gasteiger partial charge is 0.266 e. The first kappa shape index (κ1) is 14.3. The van der Waals surface area contributed by atoms with E-state index in [1.54, 1.807) is 16.3 Å². The Balaban J connectivity index is 2.18. The number of nitrogens with zero attached hydrogens (tertiary/aromatic N) is 1. The number of hydrogen-bond acceptors (Lipinski definition) is 4. The monoisotopic (exact) mass is 301 g/mol. The van der Waals surface area contributed by atoms with E-state index in [1.165, 1.54) is 11.3 Å². The standard InChI is InChI=1S/C12H16ClN3O2S/c1-2-15-11(17)9-7-14-4-5-16(9)12(18)10-8(13)3-6-19-10/h3,6,9,14H,2,4-5,7H2,1H3,(H,15,17). The summed E-state index contributed by atoms with van der Waals surface area (Å²) in [6, 6.07) is 1.22. The predicted molar refractivity (Wildman–Crippen MR) is 75.7 cm³/mol. The summed E-state index contributed by atoms with van der Waals surface area (Å²) in [6.07, 6.45) is 0. The molecule has 0 saturated carbocycles. The molecule has 1 unspecified atom stereocenters. The van der Waals surface area contributed by atoms with Crippen LogP contribution in [0, 0.1) is 0 Å². The lowest BCUT2D eigenvalue weighted by molar-refractivity contribution is -0.126. The Hall–Kier alpha value is -1.11. The van der Waals surface area contributed by atoms with E-state index in [1.807, 2.05) is 6.92 Å². The maximum Gasteiger partial charge on any atom is 0.266 e. The van der Waals surface area contributed by atoms with Gasteiger partial charge in [-0.25, -0.2) is 0 Å². The van der Waals surface area contributed by atoms with Crippen molar-refractivity contribution in [2.24, 2.45) is 0 Å². The first-order valence-electron chi connectivity index (χ1n) is 6.17. The van der Waals surface area contributed by atoms with Gasteiger partial charge in [0.05, 0.1) is 5.02 Å². The molecule has 2 amide bonds. The van der Waals surface area contributed by atoms with E-state index in [2.05, 4.69) is 10.6 Å². The Morgan fingerprint density at radius 3 is 3.05 bits per heavy atom. The molecule has 1 fully saturated rings. The number of halogens is 1. The van der Waals surface area contributed by atoms with Crippen LogP contribution in [0.15, 0.2) is 11.4 Å². The second kappa shape index (κ2) is 6.36. The van der Waals surface area contributed by atoms with E-state index < -0.39 is 6.04 Å². The molecule has 0 aromatic carbocycles. The lowest BCUT2D eigenvalue weighted by Gasteiger charge is -2.34. The normalized spacial score (nSPS) is 19.3. The first-order valence-corrected chi connectivity index (χ1v) is 7.43. The SMILES string of the molecule is CCNC(=O)C1CNCCN1C(=O)c1sccc1Cl. The van der Waals surface area contributed by atoms with Gasteiger partial charge in [0, 0.05) is 26.2 Å². The van der Waals surface area contributed by atoms with Gasteiger partial charge in [-0.3, -0.25) is 9.59 Å². The fourth-order valence-corrected chi connectivity index (χ4v) is 3.14. The zero-order valence-corrected chi connectivity index (χ0v) is 12.2. The van der Waals surface area contributed by atoms with Crippen LogP contribution in [0.4, 0.5) is 0 Å². The summed E-state index contributed by atoms with van der Waals surface area (Å²) in [6.45, 7) is 4.08. The molecule has 0 spiro atoms. The number of likely N-dealkylation sites (N-methyl/N-ethyl adjacent to an activating group) is 1. The van der Waals surface area contributed by atoms with Gasteiger partial charge in [0.2, 0.25) is 5.91 Å². The minimum absolute atomic E-state index is 0.129. The Kier molecular flexibility index (Phi) is 4.79. The van der Waals surface area contributed by atoms with Crippen molar-refractivity contribution in [3.05, 3.63) is 21.3 Å². The summed E-state index contributed by atoms with van der Waals surface area (Å²) in [5.41, 5.74) is 0. The highest BCUT2D eigenvalue weighted by Gasteiger charge is 2.33. The van der Waals surface area contributed by atoms with Crippen molar-refractivity contribution in [2.75, 3.05) is 26.2 Å². The molecule has 0 radical (unpaired) electrons. The maximum atomic E-state index is 12.4. The molecule has 1 aromatic heterocycles. The lowest BCUT2D eigenvalue weighted by atomic mass is 10.1. The molecule has 1 atom stereocenters. The average molecular weight is 302 g/mol. The van der Waals surface area contributed by atoms with Crippen LogP contribution >= 0.6 is 22.9 Å². The van der Waals surface area contributed by atoms with Crippen molar-refractivity contribution in [3.63, 3.8) is 0 Å². The number of hydrogen-bond donors (Lipinski definition) is 2. The van der Waals surface area contributed by atoms with Crippen molar-refractivity contribution in [1.82, 2.24) is 15.5 Å². The zero-order chi connectivity index (χ0) is 13.8. The molecule has 1 saturated heterocycles. The molecule has 0 bridgehead atoms. The van der Waals surface area contributed by atoms with Gasteiger partial charge >= 0.3 is 0 Å². The molecule has 1 aliphatic rings. The number of nitrogens with one attached hydrogen (secondary N) is 2. The summed E-state index contributed by atoms with van der Waals surface area (Å²) < 4.78 is 0. The molecule has 1 aliphatic heterocycles. The van der Waals surface area contributed by atoms with E-state index in [9.17, 15) is 9.59 Å². The van der Waals surface area contributed by atoms with Gasteiger partial charge in [-0.2, -0.15) is 0 Å². The highest BCUT2D eigenvalue weighted by molar-refractivity contribution is 7.12. The molecule has 7 heteroatoms. The highest BCUT2D eigenvalue weighted by atomic mass is 35.5. The van der Waals surface area contributed by atoms with Gasteiger partial charge in [-0.1, -0.05) is 11.6 Å². The Morgan fingerprint density at radius 1 is 1.63 bits per heavy atom. The summed E-state index contributed by atoms with van der Waals surface area (Å²) in [5.74, 6) is -0.298. The third-order valence-electron chi connectivity index (χ3n) is 2.97. The third-order valence-corrected chi connectivity index (χ3v) is 4.30. The molecule has 5 nitrogen and oxygen atoms in total. The summed E-state index contributed by atoms with van der Waals surface area (Å²) >= 11 is 7.29. The number of carbonyl (C=O) groups excluding carboxylic acids is 2. The van der Waals surface area contributed by atoms with Crippen molar-refractivity contribution < 1.29 is 9.59 Å². The number of piperazine rings is 1. The summed E-state index contributed by atoms with van der Waals surface area (Å²) in [5, 5.41) is 8.12. The molecule has 2 N–H and O–H groups in total. The topological polar surface area (TPSA) is 61.4 Å². The van der Waals surface area contributed by atoms with E-state index in [0.29, 0.717) is 36.1 Å². The van der Waals surface area contributed by atoms with Crippen LogP contribution in [-0.2, 0) is 4.79 Å². The Morgan fingerprint density at radius 2 is 2.42 bits per heavy atom. The van der Waals surface area contributed by atoms with Crippen molar-refractivity contribution >= 4 is 34.8 Å². The fourth-order valence-electron chi connectivity index (χ4n) is 2.05. The molecule has 0 aliphatic carbocycles. The second-order valence-electron chi connectivity index (χ2n) is 4.21. The van der Waals surface area contributed by atoms with Crippen LogP contribution in [0.5, 0.6) is 0 Å². The largest absolute Gasteiger partial charge is 0.355 e. The Labute approximate surface area is 120 Å². The fraction of sp³-hybridized carbons (Fsp3) is 0.500. The highest BCUT2D eigenvalue weighted by Crippen LogP contribution is 2.24. The molecule has 2 heterocycles. The van der Waals surface area contributed by atoms with E-state index >= 15 is 0 Å². The van der Waals surface area contributed by atoms with Crippen LogP contribution in [0.25, 0.3) is 0 Å². The number of rotatable bonds is 3. The quantitative estimate of drug-likeness (QED) is 0.874. The molecule has 1 aromatic rings.